The van der Waals surface area contributed by atoms with E-state index in [4.69, 9.17) is 11.6 Å². The molecule has 1 heterocycles. The standard InChI is InChI=1S/C11H12ClNO2S/c12-5-1-2-10(14)8-3-4-9-11(6-8)16(15)7-13-9/h3-4,6,13H,1-2,5,7H2. The van der Waals surface area contributed by atoms with Crippen molar-refractivity contribution in [1.82, 2.24) is 0 Å². The summed E-state index contributed by atoms with van der Waals surface area (Å²) in [6, 6.07) is 5.31. The van der Waals surface area contributed by atoms with E-state index in [2.05, 4.69) is 5.32 Å². The smallest absolute Gasteiger partial charge is 0.162 e. The average Bonchev–Trinajstić information content (AvgIpc) is 2.67. The van der Waals surface area contributed by atoms with Crippen LogP contribution >= 0.6 is 11.6 Å². The molecule has 0 radical (unpaired) electrons. The summed E-state index contributed by atoms with van der Waals surface area (Å²) in [6.45, 7) is 0. The molecule has 1 atom stereocenters. The molecule has 86 valence electrons. The molecule has 1 N–H and O–H groups in total. The van der Waals surface area contributed by atoms with Crippen molar-refractivity contribution < 1.29 is 9.00 Å². The first-order valence-corrected chi connectivity index (χ1v) is 6.93. The predicted molar refractivity (Wildman–Crippen MR) is 65.6 cm³/mol. The summed E-state index contributed by atoms with van der Waals surface area (Å²) < 4.78 is 11.6. The highest BCUT2D eigenvalue weighted by Crippen LogP contribution is 2.27. The van der Waals surface area contributed by atoms with Crippen molar-refractivity contribution in [3.8, 4) is 0 Å². The molecular weight excluding hydrogens is 246 g/mol. The van der Waals surface area contributed by atoms with E-state index in [1.807, 2.05) is 6.07 Å². The fourth-order valence-corrected chi connectivity index (χ4v) is 2.84. The maximum atomic E-state index is 11.7. The second kappa shape index (κ2) is 4.97. The summed E-state index contributed by atoms with van der Waals surface area (Å²) in [6.07, 6.45) is 1.13. The molecule has 1 unspecified atom stereocenters. The van der Waals surface area contributed by atoms with E-state index >= 15 is 0 Å². The molecule has 0 fully saturated rings. The lowest BCUT2D eigenvalue weighted by molar-refractivity contribution is 0.0982. The molecule has 1 aromatic carbocycles. The van der Waals surface area contributed by atoms with Gasteiger partial charge in [-0.2, -0.15) is 0 Å². The second-order valence-electron chi connectivity index (χ2n) is 3.59. The molecule has 1 aromatic rings. The van der Waals surface area contributed by atoms with E-state index in [0.717, 1.165) is 10.6 Å². The largest absolute Gasteiger partial charge is 0.372 e. The van der Waals surface area contributed by atoms with Crippen molar-refractivity contribution in [2.75, 3.05) is 17.1 Å². The molecule has 0 saturated heterocycles. The molecule has 16 heavy (non-hydrogen) atoms. The number of hydrogen-bond donors (Lipinski definition) is 1. The number of anilines is 1. The fourth-order valence-electron chi connectivity index (χ4n) is 1.62. The lowest BCUT2D eigenvalue weighted by Gasteiger charge is -2.02. The van der Waals surface area contributed by atoms with Gasteiger partial charge in [0.15, 0.2) is 5.78 Å². The summed E-state index contributed by atoms with van der Waals surface area (Å²) >= 11 is 5.54. The van der Waals surface area contributed by atoms with Gasteiger partial charge in [0, 0.05) is 17.9 Å². The van der Waals surface area contributed by atoms with Crippen molar-refractivity contribution in [2.45, 2.75) is 17.7 Å². The van der Waals surface area contributed by atoms with Gasteiger partial charge in [0.1, 0.15) is 0 Å². The summed E-state index contributed by atoms with van der Waals surface area (Å²) in [5, 5.41) is 3.03. The molecule has 5 heteroatoms. The van der Waals surface area contributed by atoms with Crippen LogP contribution in [0.4, 0.5) is 5.69 Å². The number of nitrogens with one attached hydrogen (secondary N) is 1. The maximum absolute atomic E-state index is 11.7. The number of carbonyl (C=O) groups is 1. The Morgan fingerprint density at radius 3 is 3.06 bits per heavy atom. The highest BCUT2D eigenvalue weighted by Gasteiger charge is 2.19. The van der Waals surface area contributed by atoms with Gasteiger partial charge in [-0.25, -0.2) is 0 Å². The molecule has 0 spiro atoms. The second-order valence-corrected chi connectivity index (χ2v) is 5.39. The van der Waals surface area contributed by atoms with Gasteiger partial charge in [0.2, 0.25) is 0 Å². The third-order valence-electron chi connectivity index (χ3n) is 2.48. The van der Waals surface area contributed by atoms with Gasteiger partial charge < -0.3 is 5.32 Å². The Hall–Kier alpha value is -0.870. The molecule has 1 aliphatic rings. The van der Waals surface area contributed by atoms with E-state index in [9.17, 15) is 9.00 Å². The van der Waals surface area contributed by atoms with Crippen LogP contribution in [0.2, 0.25) is 0 Å². The average molecular weight is 258 g/mol. The fraction of sp³-hybridized carbons (Fsp3) is 0.364. The van der Waals surface area contributed by atoms with Crippen LogP contribution in [-0.2, 0) is 10.8 Å². The molecule has 0 aliphatic carbocycles. The van der Waals surface area contributed by atoms with Gasteiger partial charge in [-0.05, 0) is 24.6 Å². The molecule has 0 bridgehead atoms. The number of carbonyl (C=O) groups excluding carboxylic acids is 1. The van der Waals surface area contributed by atoms with Crippen molar-refractivity contribution in [3.63, 3.8) is 0 Å². The Balaban J connectivity index is 2.21. The van der Waals surface area contributed by atoms with Crippen LogP contribution in [-0.4, -0.2) is 21.7 Å². The predicted octanol–water partition coefficient (Wildman–Crippen LogP) is 2.38. The zero-order valence-electron chi connectivity index (χ0n) is 8.66. The van der Waals surface area contributed by atoms with Gasteiger partial charge in [-0.15, -0.1) is 11.6 Å². The van der Waals surface area contributed by atoms with Crippen LogP contribution < -0.4 is 5.32 Å². The molecule has 0 amide bonds. The first-order chi connectivity index (χ1) is 7.72. The number of hydrogen-bond acceptors (Lipinski definition) is 3. The Morgan fingerprint density at radius 2 is 2.31 bits per heavy atom. The van der Waals surface area contributed by atoms with E-state index in [1.165, 1.54) is 0 Å². The molecule has 3 nitrogen and oxygen atoms in total. The summed E-state index contributed by atoms with van der Waals surface area (Å²) in [7, 11) is -1.02. The zero-order valence-corrected chi connectivity index (χ0v) is 10.2. The highest BCUT2D eigenvalue weighted by molar-refractivity contribution is 7.85. The molecule has 0 saturated carbocycles. The lowest BCUT2D eigenvalue weighted by Crippen LogP contribution is -2.00. The van der Waals surface area contributed by atoms with Gasteiger partial charge in [-0.1, -0.05) is 0 Å². The number of Topliss-reactive ketones (excluding diaryl/α,β-unsaturated/α-hetero) is 1. The van der Waals surface area contributed by atoms with E-state index in [0.29, 0.717) is 30.2 Å². The van der Waals surface area contributed by atoms with Crippen LogP contribution in [0, 0.1) is 0 Å². The summed E-state index contributed by atoms with van der Waals surface area (Å²) in [5.41, 5.74) is 1.49. The normalized spacial score (nSPS) is 17.9. The lowest BCUT2D eigenvalue weighted by atomic mass is 10.1. The molecule has 1 aliphatic heterocycles. The third kappa shape index (κ3) is 2.28. The van der Waals surface area contributed by atoms with Crippen LogP contribution in [0.3, 0.4) is 0 Å². The summed E-state index contributed by atoms with van der Waals surface area (Å²) in [5.74, 6) is 0.992. The highest BCUT2D eigenvalue weighted by atomic mass is 35.5. The van der Waals surface area contributed by atoms with Gasteiger partial charge >= 0.3 is 0 Å². The van der Waals surface area contributed by atoms with E-state index < -0.39 is 10.8 Å². The minimum absolute atomic E-state index is 0.0624. The van der Waals surface area contributed by atoms with Crippen molar-refractivity contribution >= 4 is 33.9 Å². The van der Waals surface area contributed by atoms with E-state index in [1.54, 1.807) is 12.1 Å². The minimum atomic E-state index is -1.02. The number of benzene rings is 1. The van der Waals surface area contributed by atoms with Crippen LogP contribution in [0.1, 0.15) is 23.2 Å². The number of fused-ring (bicyclic) bond motifs is 1. The molecule has 2 rings (SSSR count). The Kier molecular flexibility index (Phi) is 3.61. The molecular formula is C11H12ClNO2S. The SMILES string of the molecule is O=C(CCCCl)c1ccc2c(c1)S(=O)CN2. The maximum Gasteiger partial charge on any atom is 0.162 e. The number of alkyl halides is 1. The summed E-state index contributed by atoms with van der Waals surface area (Å²) in [4.78, 5) is 12.5. The number of ketones is 1. The topological polar surface area (TPSA) is 46.2 Å². The number of halogens is 1. The first kappa shape index (κ1) is 11.6. The number of rotatable bonds is 4. The van der Waals surface area contributed by atoms with Crippen molar-refractivity contribution in [3.05, 3.63) is 23.8 Å². The van der Waals surface area contributed by atoms with Crippen molar-refractivity contribution in [2.24, 2.45) is 0 Å². The minimum Gasteiger partial charge on any atom is -0.372 e. The van der Waals surface area contributed by atoms with Gasteiger partial charge in [0.25, 0.3) is 0 Å². The monoisotopic (exact) mass is 257 g/mol. The van der Waals surface area contributed by atoms with E-state index in [-0.39, 0.29) is 5.78 Å². The van der Waals surface area contributed by atoms with Crippen LogP contribution in [0.5, 0.6) is 0 Å². The van der Waals surface area contributed by atoms with Gasteiger partial charge in [-0.3, -0.25) is 9.00 Å². The van der Waals surface area contributed by atoms with Crippen LogP contribution in [0.25, 0.3) is 0 Å². The molecule has 0 aromatic heterocycles. The first-order valence-electron chi connectivity index (χ1n) is 5.08. The zero-order chi connectivity index (χ0) is 11.5. The third-order valence-corrected chi connectivity index (χ3v) is 3.98. The Bertz CT molecular complexity index is 448. The van der Waals surface area contributed by atoms with Crippen molar-refractivity contribution in [1.29, 1.82) is 0 Å². The quantitative estimate of drug-likeness (QED) is 0.665. The Labute approximate surface area is 102 Å². The Morgan fingerprint density at radius 1 is 1.50 bits per heavy atom. The van der Waals surface area contributed by atoms with Gasteiger partial charge in [0.05, 0.1) is 27.3 Å². The van der Waals surface area contributed by atoms with Crippen LogP contribution in [0.15, 0.2) is 23.1 Å².